The summed E-state index contributed by atoms with van der Waals surface area (Å²) in [4.78, 5) is 22.6. The monoisotopic (exact) mass is 524 g/mol. The minimum absolute atomic E-state index is 0.0871. The van der Waals surface area contributed by atoms with Crippen molar-refractivity contribution < 1.29 is 18.3 Å². The normalized spacial score (nSPS) is 13.0. The van der Waals surface area contributed by atoms with Gasteiger partial charge in [-0.3, -0.25) is 4.98 Å². The number of halogens is 5. The first-order chi connectivity index (χ1) is 16.6. The maximum absolute atomic E-state index is 14.9. The van der Waals surface area contributed by atoms with Crippen LogP contribution in [0.5, 0.6) is 0 Å². The number of aliphatic hydroxyl groups is 1. The molecule has 2 aromatic heterocycles. The second-order valence-electron chi connectivity index (χ2n) is 7.74. The molecule has 0 aliphatic rings. The number of hydrogen-bond donors (Lipinski definition) is 2. The van der Waals surface area contributed by atoms with E-state index in [-0.39, 0.29) is 29.5 Å². The lowest BCUT2D eigenvalue weighted by Crippen LogP contribution is -2.45. The summed E-state index contributed by atoms with van der Waals surface area (Å²) in [5.74, 6) is -3.07. The first kappa shape index (κ1) is 24.7. The average molecular weight is 525 g/mol. The fourth-order valence-electron chi connectivity index (χ4n) is 3.66. The van der Waals surface area contributed by atoms with E-state index in [9.17, 15) is 23.1 Å². The second kappa shape index (κ2) is 10.1. The van der Waals surface area contributed by atoms with Crippen molar-refractivity contribution in [1.29, 1.82) is 0 Å². The molecule has 35 heavy (non-hydrogen) atoms. The van der Waals surface area contributed by atoms with Crippen LogP contribution >= 0.6 is 23.2 Å². The lowest BCUT2D eigenvalue weighted by Gasteiger charge is -2.36. The minimum atomic E-state index is -2.09. The Labute approximate surface area is 206 Å². The molecule has 2 heterocycles. The standard InChI is InChI=1S/C22H17Cl2F3N6O2/c23-16-4-1-13(5-17(16)24)8-32(20-19(27)7-29-21(34)31-20)9-22(35,10-33-12-28-11-30-33)15-3-2-14(25)6-18(15)26/h1-7,11-12,35H,8-10H2,(H,29,31,34). The van der Waals surface area contributed by atoms with Crippen molar-refractivity contribution >= 4 is 29.0 Å². The van der Waals surface area contributed by atoms with Crippen LogP contribution in [0.4, 0.5) is 19.0 Å². The number of H-pyrrole nitrogens is 1. The molecular formula is C22H17Cl2F3N6O2. The summed E-state index contributed by atoms with van der Waals surface area (Å²) >= 11 is 12.1. The third kappa shape index (κ3) is 5.64. The summed E-state index contributed by atoms with van der Waals surface area (Å²) in [6, 6.07) is 7.38. The molecule has 0 bridgehead atoms. The zero-order valence-electron chi connectivity index (χ0n) is 17.8. The second-order valence-corrected chi connectivity index (χ2v) is 8.55. The molecule has 0 spiro atoms. The topological polar surface area (TPSA) is 99.9 Å². The van der Waals surface area contributed by atoms with E-state index in [2.05, 4.69) is 20.1 Å². The van der Waals surface area contributed by atoms with Gasteiger partial charge in [-0.05, 0) is 23.8 Å². The summed E-state index contributed by atoms with van der Waals surface area (Å²) in [7, 11) is 0. The van der Waals surface area contributed by atoms with E-state index in [0.717, 1.165) is 18.3 Å². The van der Waals surface area contributed by atoms with E-state index in [4.69, 9.17) is 23.2 Å². The molecule has 0 aliphatic carbocycles. The zero-order chi connectivity index (χ0) is 25.2. The molecule has 2 aromatic carbocycles. The number of nitrogens with zero attached hydrogens (tertiary/aromatic N) is 5. The van der Waals surface area contributed by atoms with Gasteiger partial charge in [0.15, 0.2) is 5.82 Å². The number of aromatic nitrogens is 5. The molecule has 1 atom stereocenters. The Morgan fingerprint density at radius 1 is 1.09 bits per heavy atom. The Hall–Kier alpha value is -3.41. The van der Waals surface area contributed by atoms with Crippen molar-refractivity contribution in [3.05, 3.63) is 104 Å². The number of rotatable bonds is 8. The molecule has 0 fully saturated rings. The molecule has 0 aliphatic heterocycles. The molecule has 4 aromatic rings. The molecule has 13 heteroatoms. The SMILES string of the molecule is O=c1ncc(F)c(N(Cc2ccc(Cl)c(Cl)c2)CC(O)(Cn2cncn2)c2ccc(F)cc2F)[nH]1. The highest BCUT2D eigenvalue weighted by atomic mass is 35.5. The van der Waals surface area contributed by atoms with Crippen LogP contribution in [0.15, 0.2) is 60.0 Å². The van der Waals surface area contributed by atoms with Crippen molar-refractivity contribution in [3.8, 4) is 0 Å². The number of anilines is 1. The molecule has 2 N–H and O–H groups in total. The van der Waals surface area contributed by atoms with Crippen LogP contribution < -0.4 is 10.6 Å². The van der Waals surface area contributed by atoms with Gasteiger partial charge < -0.3 is 10.0 Å². The van der Waals surface area contributed by atoms with E-state index in [1.54, 1.807) is 6.07 Å². The molecule has 8 nitrogen and oxygen atoms in total. The summed E-state index contributed by atoms with van der Waals surface area (Å²) < 4.78 is 44.5. The highest BCUT2D eigenvalue weighted by Crippen LogP contribution is 2.31. The van der Waals surface area contributed by atoms with Crippen LogP contribution in [0, 0.1) is 17.5 Å². The van der Waals surface area contributed by atoms with E-state index >= 15 is 0 Å². The lowest BCUT2D eigenvalue weighted by molar-refractivity contribution is 0.0179. The smallest absolute Gasteiger partial charge is 0.346 e. The predicted octanol–water partition coefficient (Wildman–Crippen LogP) is 3.68. The van der Waals surface area contributed by atoms with E-state index in [1.807, 2.05) is 0 Å². The van der Waals surface area contributed by atoms with Gasteiger partial charge in [0.1, 0.15) is 35.7 Å². The van der Waals surface area contributed by atoms with Crippen LogP contribution in [0.3, 0.4) is 0 Å². The Morgan fingerprint density at radius 2 is 1.89 bits per heavy atom. The zero-order valence-corrected chi connectivity index (χ0v) is 19.3. The van der Waals surface area contributed by atoms with Crippen molar-refractivity contribution in [3.63, 3.8) is 0 Å². The summed E-state index contributed by atoms with van der Waals surface area (Å²) in [5.41, 5.74) is -2.66. The van der Waals surface area contributed by atoms with Gasteiger partial charge >= 0.3 is 5.69 Å². The quantitative estimate of drug-likeness (QED) is 0.364. The fraction of sp³-hybridized carbons (Fsp3) is 0.182. The van der Waals surface area contributed by atoms with Gasteiger partial charge in [0.05, 0.1) is 29.3 Å². The van der Waals surface area contributed by atoms with Gasteiger partial charge in [-0.2, -0.15) is 10.1 Å². The maximum atomic E-state index is 14.9. The van der Waals surface area contributed by atoms with Crippen molar-refractivity contribution in [2.45, 2.75) is 18.7 Å². The van der Waals surface area contributed by atoms with Gasteiger partial charge in [0.25, 0.3) is 0 Å². The molecule has 0 amide bonds. The molecule has 4 rings (SSSR count). The first-order valence-electron chi connectivity index (χ1n) is 10.1. The van der Waals surface area contributed by atoms with Crippen LogP contribution in [-0.4, -0.2) is 36.4 Å². The average Bonchev–Trinajstić information content (AvgIpc) is 3.30. The molecule has 0 saturated carbocycles. The molecule has 0 radical (unpaired) electrons. The maximum Gasteiger partial charge on any atom is 0.346 e. The Balaban J connectivity index is 1.82. The molecular weight excluding hydrogens is 508 g/mol. The largest absolute Gasteiger partial charge is 0.381 e. The van der Waals surface area contributed by atoms with Crippen LogP contribution in [0.2, 0.25) is 10.0 Å². The number of nitrogens with one attached hydrogen (secondary N) is 1. The summed E-state index contributed by atoms with van der Waals surface area (Å²) in [6.07, 6.45) is 3.24. The van der Waals surface area contributed by atoms with Crippen LogP contribution in [-0.2, 0) is 18.7 Å². The lowest BCUT2D eigenvalue weighted by atomic mass is 9.92. The summed E-state index contributed by atoms with van der Waals surface area (Å²) in [6.45, 7) is -0.882. The highest BCUT2D eigenvalue weighted by molar-refractivity contribution is 6.42. The van der Waals surface area contributed by atoms with Gasteiger partial charge in [0, 0.05) is 18.2 Å². The van der Waals surface area contributed by atoms with Gasteiger partial charge in [-0.25, -0.2) is 27.6 Å². The first-order valence-corrected chi connectivity index (χ1v) is 10.8. The van der Waals surface area contributed by atoms with Crippen molar-refractivity contribution in [2.75, 3.05) is 11.4 Å². The highest BCUT2D eigenvalue weighted by Gasteiger charge is 2.37. The number of aromatic amines is 1. The Kier molecular flexibility index (Phi) is 7.10. The third-order valence-electron chi connectivity index (χ3n) is 5.20. The van der Waals surface area contributed by atoms with E-state index in [1.165, 1.54) is 34.4 Å². The van der Waals surface area contributed by atoms with Gasteiger partial charge in [0.2, 0.25) is 0 Å². The Morgan fingerprint density at radius 3 is 2.57 bits per heavy atom. The fourth-order valence-corrected chi connectivity index (χ4v) is 3.98. The predicted molar refractivity (Wildman–Crippen MR) is 123 cm³/mol. The van der Waals surface area contributed by atoms with E-state index in [0.29, 0.717) is 16.7 Å². The van der Waals surface area contributed by atoms with Crippen LogP contribution in [0.25, 0.3) is 0 Å². The van der Waals surface area contributed by atoms with E-state index < -0.39 is 35.3 Å². The molecule has 1 unspecified atom stereocenters. The van der Waals surface area contributed by atoms with Gasteiger partial charge in [-0.15, -0.1) is 0 Å². The molecule has 182 valence electrons. The Bertz CT molecular complexity index is 1400. The van der Waals surface area contributed by atoms with Crippen molar-refractivity contribution in [2.24, 2.45) is 0 Å². The number of hydrogen-bond acceptors (Lipinski definition) is 6. The van der Waals surface area contributed by atoms with Crippen molar-refractivity contribution in [1.82, 2.24) is 24.7 Å². The summed E-state index contributed by atoms with van der Waals surface area (Å²) in [5, 5.41) is 16.2. The number of benzene rings is 2. The minimum Gasteiger partial charge on any atom is -0.381 e. The van der Waals surface area contributed by atoms with Gasteiger partial charge in [-0.1, -0.05) is 35.3 Å². The third-order valence-corrected chi connectivity index (χ3v) is 5.93. The molecule has 0 saturated heterocycles. The van der Waals surface area contributed by atoms with Crippen LogP contribution in [0.1, 0.15) is 11.1 Å².